The van der Waals surface area contributed by atoms with Crippen molar-refractivity contribution < 1.29 is 4.79 Å². The molecule has 0 aliphatic heterocycles. The first-order valence-electron chi connectivity index (χ1n) is 11.7. The average molecular weight is 434 g/mol. The number of aryl methyl sites for hydroxylation is 4. The molecule has 0 N–H and O–H groups in total. The molecule has 33 heavy (non-hydrogen) atoms. The van der Waals surface area contributed by atoms with E-state index in [9.17, 15) is 4.79 Å². The Morgan fingerprint density at radius 1 is 0.939 bits per heavy atom. The number of benzene rings is 2. The third-order valence-corrected chi connectivity index (χ3v) is 6.51. The summed E-state index contributed by atoms with van der Waals surface area (Å²) in [5.41, 5.74) is 7.07. The van der Waals surface area contributed by atoms with Gasteiger partial charge in [-0.2, -0.15) is 0 Å². The van der Waals surface area contributed by atoms with E-state index in [0.717, 1.165) is 54.4 Å². The minimum Gasteiger partial charge on any atom is -0.285 e. The number of para-hydroxylation sites is 1. The fourth-order valence-electron chi connectivity index (χ4n) is 4.82. The van der Waals surface area contributed by atoms with E-state index in [4.69, 9.17) is 16.4 Å². The molecule has 0 saturated heterocycles. The maximum absolute atomic E-state index is 11.8. The van der Waals surface area contributed by atoms with Crippen LogP contribution in [0.4, 0.5) is 0 Å². The number of fused-ring (bicyclic) bond motifs is 2. The fourth-order valence-corrected chi connectivity index (χ4v) is 4.82. The number of hydrogen-bond acceptors (Lipinski definition) is 3. The number of carbonyl (C=O) groups excluding carboxylic acids is 1. The first-order valence-corrected chi connectivity index (χ1v) is 11.7. The van der Waals surface area contributed by atoms with Gasteiger partial charge in [0.15, 0.2) is 0 Å². The van der Waals surface area contributed by atoms with E-state index >= 15 is 0 Å². The van der Waals surface area contributed by atoms with Crippen LogP contribution >= 0.6 is 0 Å². The number of Topliss-reactive ketones (excluding diaryl/α,β-unsaturated/α-hetero) is 1. The zero-order chi connectivity index (χ0) is 22.6. The Morgan fingerprint density at radius 3 is 2.58 bits per heavy atom. The van der Waals surface area contributed by atoms with Gasteiger partial charge in [0.2, 0.25) is 11.7 Å². The Kier molecular flexibility index (Phi) is 6.04. The molecule has 0 radical (unpaired) electrons. The fraction of sp³-hybridized carbons (Fsp3) is 0.276. The van der Waals surface area contributed by atoms with Gasteiger partial charge in [-0.3, -0.25) is 9.36 Å². The van der Waals surface area contributed by atoms with Crippen LogP contribution in [-0.4, -0.2) is 20.3 Å². The number of carbonyl (C=O) groups is 1. The predicted octanol–water partition coefficient (Wildman–Crippen LogP) is 5.22. The van der Waals surface area contributed by atoms with Crippen LogP contribution in [0.3, 0.4) is 0 Å². The molecule has 0 unspecified atom stereocenters. The van der Waals surface area contributed by atoms with Crippen LogP contribution in [0.2, 0.25) is 0 Å². The molecule has 1 aliphatic rings. The molecule has 0 saturated carbocycles. The molecular weight excluding hydrogens is 406 g/mol. The van der Waals surface area contributed by atoms with Crippen molar-refractivity contribution in [3.8, 4) is 18.3 Å². The summed E-state index contributed by atoms with van der Waals surface area (Å²) in [5.74, 6) is 2.76. The number of aromatic nitrogens is 3. The Bertz CT molecular complexity index is 1340. The predicted molar refractivity (Wildman–Crippen MR) is 132 cm³/mol. The van der Waals surface area contributed by atoms with Crippen molar-refractivity contribution in [3.63, 3.8) is 0 Å². The molecule has 164 valence electrons. The number of nitrogens with zero attached hydrogens (tertiary/aromatic N) is 3. The summed E-state index contributed by atoms with van der Waals surface area (Å²) in [6.45, 7) is 0. The standard InChI is InChI=1S/C29H27N3O/c1-2-24(33)18-17-23-20-22-12-6-9-15-28(22)32(23)29-30-26-14-8-7-13-25(26)27(31-29)19-16-21-10-4-3-5-11-21/h1,3-6,9-12,15,20H,7-8,13-14,16-19H2. The maximum Gasteiger partial charge on any atom is 0.234 e. The van der Waals surface area contributed by atoms with E-state index < -0.39 is 0 Å². The van der Waals surface area contributed by atoms with Gasteiger partial charge in [-0.15, -0.1) is 6.42 Å². The lowest BCUT2D eigenvalue weighted by atomic mass is 9.92. The van der Waals surface area contributed by atoms with Gasteiger partial charge in [0.25, 0.3) is 0 Å². The topological polar surface area (TPSA) is 47.8 Å². The normalized spacial score (nSPS) is 12.9. The van der Waals surface area contributed by atoms with E-state index in [-0.39, 0.29) is 5.78 Å². The molecule has 4 heteroatoms. The molecule has 0 atom stereocenters. The summed E-state index contributed by atoms with van der Waals surface area (Å²) in [6, 6.07) is 21.0. The van der Waals surface area contributed by atoms with Crippen molar-refractivity contribution in [2.45, 2.75) is 51.4 Å². The Balaban J connectivity index is 1.59. The van der Waals surface area contributed by atoms with Crippen molar-refractivity contribution in [3.05, 3.63) is 88.9 Å². The largest absolute Gasteiger partial charge is 0.285 e. The third-order valence-electron chi connectivity index (χ3n) is 6.51. The van der Waals surface area contributed by atoms with Crippen LogP contribution in [0.15, 0.2) is 60.7 Å². The van der Waals surface area contributed by atoms with Gasteiger partial charge >= 0.3 is 0 Å². The highest BCUT2D eigenvalue weighted by Crippen LogP contribution is 2.28. The second kappa shape index (κ2) is 9.42. The Morgan fingerprint density at radius 2 is 1.73 bits per heavy atom. The lowest BCUT2D eigenvalue weighted by molar-refractivity contribution is -0.113. The van der Waals surface area contributed by atoms with Gasteiger partial charge < -0.3 is 0 Å². The second-order valence-electron chi connectivity index (χ2n) is 8.69. The van der Waals surface area contributed by atoms with Crippen LogP contribution in [0.25, 0.3) is 16.9 Å². The van der Waals surface area contributed by atoms with E-state index in [1.54, 1.807) is 0 Å². The van der Waals surface area contributed by atoms with Gasteiger partial charge in [0, 0.05) is 28.9 Å². The molecule has 2 heterocycles. The molecule has 5 rings (SSSR count). The minimum absolute atomic E-state index is 0.179. The molecule has 0 bridgehead atoms. The highest BCUT2D eigenvalue weighted by Gasteiger charge is 2.21. The van der Waals surface area contributed by atoms with Crippen LogP contribution in [0, 0.1) is 12.3 Å². The van der Waals surface area contributed by atoms with Crippen molar-refractivity contribution in [1.29, 1.82) is 0 Å². The summed E-state index contributed by atoms with van der Waals surface area (Å²) in [6.07, 6.45) is 12.4. The quantitative estimate of drug-likeness (QED) is 0.297. The van der Waals surface area contributed by atoms with Crippen molar-refractivity contribution in [2.24, 2.45) is 0 Å². The van der Waals surface area contributed by atoms with Gasteiger partial charge in [-0.25, -0.2) is 9.97 Å². The summed E-state index contributed by atoms with van der Waals surface area (Å²) in [5, 5.41) is 1.12. The van der Waals surface area contributed by atoms with Gasteiger partial charge in [0.05, 0.1) is 5.52 Å². The lowest BCUT2D eigenvalue weighted by Crippen LogP contribution is -2.16. The monoisotopic (exact) mass is 433 g/mol. The summed E-state index contributed by atoms with van der Waals surface area (Å²) < 4.78 is 2.13. The number of rotatable bonds is 7. The highest BCUT2D eigenvalue weighted by molar-refractivity contribution is 5.95. The first kappa shape index (κ1) is 21.2. The molecule has 4 nitrogen and oxygen atoms in total. The molecule has 4 aromatic rings. The highest BCUT2D eigenvalue weighted by atomic mass is 16.1. The van der Waals surface area contributed by atoms with E-state index in [1.165, 1.54) is 23.2 Å². The zero-order valence-electron chi connectivity index (χ0n) is 18.8. The van der Waals surface area contributed by atoms with E-state index in [0.29, 0.717) is 18.8 Å². The zero-order valence-corrected chi connectivity index (χ0v) is 18.8. The van der Waals surface area contributed by atoms with Crippen molar-refractivity contribution in [1.82, 2.24) is 14.5 Å². The molecule has 1 aliphatic carbocycles. The number of ketones is 1. The second-order valence-corrected chi connectivity index (χ2v) is 8.69. The maximum atomic E-state index is 11.8. The van der Waals surface area contributed by atoms with Gasteiger partial charge in [-0.05, 0) is 74.1 Å². The van der Waals surface area contributed by atoms with Crippen molar-refractivity contribution >= 4 is 16.7 Å². The molecule has 2 aromatic carbocycles. The molecule has 0 spiro atoms. The van der Waals surface area contributed by atoms with Crippen LogP contribution < -0.4 is 0 Å². The number of terminal acetylenes is 1. The van der Waals surface area contributed by atoms with Crippen LogP contribution in [0.1, 0.15) is 47.5 Å². The lowest BCUT2D eigenvalue weighted by Gasteiger charge is -2.20. The van der Waals surface area contributed by atoms with Crippen LogP contribution in [0.5, 0.6) is 0 Å². The molecular formula is C29H27N3O. The van der Waals surface area contributed by atoms with E-state index in [1.807, 2.05) is 12.1 Å². The first-order chi connectivity index (χ1) is 16.2. The molecule has 0 fully saturated rings. The number of hydrogen-bond donors (Lipinski definition) is 0. The average Bonchev–Trinajstić information content (AvgIpc) is 3.24. The van der Waals surface area contributed by atoms with Crippen molar-refractivity contribution in [2.75, 3.05) is 0 Å². The Hall–Kier alpha value is -3.71. The minimum atomic E-state index is -0.179. The summed E-state index contributed by atoms with van der Waals surface area (Å²) >= 11 is 0. The third kappa shape index (κ3) is 4.45. The summed E-state index contributed by atoms with van der Waals surface area (Å²) in [4.78, 5) is 22.0. The SMILES string of the molecule is C#CC(=O)CCc1cc2ccccc2n1-c1nc2c(c(CCc3ccccc3)n1)CCCC2. The van der Waals surface area contributed by atoms with Gasteiger partial charge in [-0.1, -0.05) is 48.5 Å². The molecule has 0 amide bonds. The van der Waals surface area contributed by atoms with E-state index in [2.05, 4.69) is 59.0 Å². The smallest absolute Gasteiger partial charge is 0.234 e. The summed E-state index contributed by atoms with van der Waals surface area (Å²) in [7, 11) is 0. The van der Waals surface area contributed by atoms with Crippen LogP contribution in [-0.2, 0) is 36.9 Å². The Labute approximate surface area is 194 Å². The molecule has 2 aromatic heterocycles. The van der Waals surface area contributed by atoms with Gasteiger partial charge in [0.1, 0.15) is 0 Å².